The Morgan fingerprint density at radius 2 is 2.05 bits per heavy atom. The molecule has 19 heavy (non-hydrogen) atoms. The summed E-state index contributed by atoms with van der Waals surface area (Å²) >= 11 is 0. The Morgan fingerprint density at radius 3 is 2.68 bits per heavy atom. The number of carbonyl (C=O) groups excluding carboxylic acids is 1. The summed E-state index contributed by atoms with van der Waals surface area (Å²) in [4.78, 5) is 12.5. The summed E-state index contributed by atoms with van der Waals surface area (Å²) in [5.41, 5.74) is -0.994. The van der Waals surface area contributed by atoms with Gasteiger partial charge in [-0.25, -0.2) is 0 Å². The molecule has 0 spiro atoms. The van der Waals surface area contributed by atoms with Crippen LogP contribution >= 0.6 is 0 Å². The van der Waals surface area contributed by atoms with Gasteiger partial charge in [-0.3, -0.25) is 4.79 Å². The number of aliphatic hydroxyl groups excluding tert-OH is 1. The number of allylic oxidation sites excluding steroid dienone is 2. The standard InChI is InChI=1S/C16H26O3/c1-11-4-5-12-10-15(2,19)8-6-13(12)16(11,3)14(18)7-9-17/h4-5,11-13,17,19H,6-10H2,1-3H3/t11-,12-,13-,15-,16-/m0/s1. The lowest BCUT2D eigenvalue weighted by Crippen LogP contribution is -2.50. The Kier molecular flexibility index (Phi) is 3.90. The number of fused-ring (bicyclic) bond motifs is 1. The van der Waals surface area contributed by atoms with Gasteiger partial charge in [-0.05, 0) is 43.9 Å². The molecule has 1 saturated carbocycles. The summed E-state index contributed by atoms with van der Waals surface area (Å²) in [5, 5.41) is 19.3. The maximum atomic E-state index is 12.5. The zero-order chi connectivity index (χ0) is 14.3. The fourth-order valence-electron chi connectivity index (χ4n) is 4.06. The third-order valence-electron chi connectivity index (χ3n) is 5.49. The lowest BCUT2D eigenvalue weighted by Gasteiger charge is -2.51. The predicted molar refractivity (Wildman–Crippen MR) is 74.6 cm³/mol. The summed E-state index contributed by atoms with van der Waals surface area (Å²) in [5.74, 6) is 0.957. The second-order valence-corrected chi connectivity index (χ2v) is 6.86. The first-order valence-electron chi connectivity index (χ1n) is 7.36. The van der Waals surface area contributed by atoms with Gasteiger partial charge in [0.15, 0.2) is 0 Å². The molecule has 5 atom stereocenters. The van der Waals surface area contributed by atoms with Crippen LogP contribution in [0.4, 0.5) is 0 Å². The largest absolute Gasteiger partial charge is 0.396 e. The molecule has 0 radical (unpaired) electrons. The minimum absolute atomic E-state index is 0.0695. The average Bonchev–Trinajstić information content (AvgIpc) is 2.33. The first kappa shape index (κ1) is 14.7. The van der Waals surface area contributed by atoms with Crippen LogP contribution in [-0.2, 0) is 4.79 Å². The number of carbonyl (C=O) groups is 1. The quantitative estimate of drug-likeness (QED) is 0.771. The summed E-state index contributed by atoms with van der Waals surface area (Å²) < 4.78 is 0. The third kappa shape index (κ3) is 2.50. The van der Waals surface area contributed by atoms with Crippen molar-refractivity contribution in [1.82, 2.24) is 0 Å². The van der Waals surface area contributed by atoms with Crippen LogP contribution < -0.4 is 0 Å². The highest BCUT2D eigenvalue weighted by molar-refractivity contribution is 5.85. The second kappa shape index (κ2) is 5.02. The highest BCUT2D eigenvalue weighted by Gasteiger charge is 2.51. The van der Waals surface area contributed by atoms with E-state index in [2.05, 4.69) is 26.0 Å². The topological polar surface area (TPSA) is 57.5 Å². The molecule has 2 N–H and O–H groups in total. The van der Waals surface area contributed by atoms with Gasteiger partial charge in [0.25, 0.3) is 0 Å². The van der Waals surface area contributed by atoms with E-state index in [-0.39, 0.29) is 30.6 Å². The van der Waals surface area contributed by atoms with Gasteiger partial charge in [-0.1, -0.05) is 26.0 Å². The molecule has 3 heteroatoms. The van der Waals surface area contributed by atoms with Crippen molar-refractivity contribution < 1.29 is 15.0 Å². The highest BCUT2D eigenvalue weighted by atomic mass is 16.3. The lowest BCUT2D eigenvalue weighted by atomic mass is 9.53. The minimum atomic E-state index is -0.604. The number of aliphatic hydroxyl groups is 2. The molecule has 2 aliphatic rings. The zero-order valence-corrected chi connectivity index (χ0v) is 12.2. The molecular formula is C16H26O3. The maximum absolute atomic E-state index is 12.5. The Bertz CT molecular complexity index is 385. The summed E-state index contributed by atoms with van der Waals surface area (Å²) in [6.45, 7) is 5.97. The molecule has 0 aromatic heterocycles. The molecule has 0 aromatic carbocycles. The third-order valence-corrected chi connectivity index (χ3v) is 5.49. The van der Waals surface area contributed by atoms with Crippen LogP contribution in [0.3, 0.4) is 0 Å². The molecule has 0 heterocycles. The van der Waals surface area contributed by atoms with Crippen molar-refractivity contribution >= 4 is 5.78 Å². The zero-order valence-electron chi connectivity index (χ0n) is 12.2. The predicted octanol–water partition coefficient (Wildman–Crippen LogP) is 2.32. The molecule has 108 valence electrons. The Labute approximate surface area is 115 Å². The van der Waals surface area contributed by atoms with Gasteiger partial charge in [-0.15, -0.1) is 0 Å². The van der Waals surface area contributed by atoms with E-state index < -0.39 is 11.0 Å². The van der Waals surface area contributed by atoms with E-state index in [1.807, 2.05) is 6.92 Å². The molecule has 1 fully saturated rings. The van der Waals surface area contributed by atoms with E-state index in [4.69, 9.17) is 5.11 Å². The van der Waals surface area contributed by atoms with Gasteiger partial charge in [-0.2, -0.15) is 0 Å². The molecule has 0 amide bonds. The van der Waals surface area contributed by atoms with Crippen molar-refractivity contribution in [1.29, 1.82) is 0 Å². The summed E-state index contributed by atoms with van der Waals surface area (Å²) in [7, 11) is 0. The van der Waals surface area contributed by atoms with Gasteiger partial charge in [0.2, 0.25) is 0 Å². The first-order chi connectivity index (χ1) is 8.81. The minimum Gasteiger partial charge on any atom is -0.396 e. The van der Waals surface area contributed by atoms with Crippen molar-refractivity contribution in [3.63, 3.8) is 0 Å². The Balaban J connectivity index is 2.29. The van der Waals surface area contributed by atoms with Crippen molar-refractivity contribution in [2.24, 2.45) is 23.2 Å². The van der Waals surface area contributed by atoms with E-state index in [1.165, 1.54) is 0 Å². The van der Waals surface area contributed by atoms with E-state index in [0.29, 0.717) is 5.92 Å². The van der Waals surface area contributed by atoms with Crippen molar-refractivity contribution in [3.8, 4) is 0 Å². The van der Waals surface area contributed by atoms with Crippen LogP contribution in [0, 0.1) is 23.2 Å². The number of rotatable bonds is 3. The SMILES string of the molecule is C[C@H]1C=C[C@H]2C[C@@](C)(O)CC[C@@H]2[C@@]1(C)C(=O)CCO. The van der Waals surface area contributed by atoms with Crippen molar-refractivity contribution in [2.45, 2.75) is 52.1 Å². The molecule has 3 nitrogen and oxygen atoms in total. The van der Waals surface area contributed by atoms with E-state index in [0.717, 1.165) is 19.3 Å². The van der Waals surface area contributed by atoms with Crippen LogP contribution in [0.2, 0.25) is 0 Å². The maximum Gasteiger partial charge on any atom is 0.141 e. The molecule has 0 bridgehead atoms. The smallest absolute Gasteiger partial charge is 0.141 e. The van der Waals surface area contributed by atoms with Crippen LogP contribution in [0.15, 0.2) is 12.2 Å². The fraction of sp³-hybridized carbons (Fsp3) is 0.812. The summed E-state index contributed by atoms with van der Waals surface area (Å²) in [6.07, 6.45) is 6.95. The molecule has 0 unspecified atom stereocenters. The van der Waals surface area contributed by atoms with Gasteiger partial charge in [0.1, 0.15) is 5.78 Å². The lowest BCUT2D eigenvalue weighted by molar-refractivity contribution is -0.140. The summed E-state index contributed by atoms with van der Waals surface area (Å²) in [6, 6.07) is 0. The molecular weight excluding hydrogens is 240 g/mol. The molecule has 0 aliphatic heterocycles. The normalized spacial score (nSPS) is 45.8. The van der Waals surface area contributed by atoms with E-state index >= 15 is 0 Å². The van der Waals surface area contributed by atoms with Crippen LogP contribution in [0.1, 0.15) is 46.5 Å². The van der Waals surface area contributed by atoms with Crippen LogP contribution in [0.25, 0.3) is 0 Å². The second-order valence-electron chi connectivity index (χ2n) is 6.86. The van der Waals surface area contributed by atoms with Crippen LogP contribution in [0.5, 0.6) is 0 Å². The van der Waals surface area contributed by atoms with Crippen molar-refractivity contribution in [3.05, 3.63) is 12.2 Å². The van der Waals surface area contributed by atoms with Gasteiger partial charge >= 0.3 is 0 Å². The van der Waals surface area contributed by atoms with E-state index in [9.17, 15) is 9.90 Å². The van der Waals surface area contributed by atoms with Crippen LogP contribution in [-0.4, -0.2) is 28.2 Å². The highest BCUT2D eigenvalue weighted by Crippen LogP contribution is 2.53. The monoisotopic (exact) mass is 266 g/mol. The molecule has 0 aromatic rings. The number of hydrogen-bond acceptors (Lipinski definition) is 3. The average molecular weight is 266 g/mol. The first-order valence-corrected chi connectivity index (χ1v) is 7.36. The van der Waals surface area contributed by atoms with Gasteiger partial charge < -0.3 is 10.2 Å². The Hall–Kier alpha value is -0.670. The number of Topliss-reactive ketones (excluding diaryl/α,β-unsaturated/α-hetero) is 1. The number of ketones is 1. The van der Waals surface area contributed by atoms with Gasteiger partial charge in [0.05, 0.1) is 5.60 Å². The van der Waals surface area contributed by atoms with Crippen molar-refractivity contribution in [2.75, 3.05) is 6.61 Å². The molecule has 2 rings (SSSR count). The Morgan fingerprint density at radius 1 is 1.37 bits per heavy atom. The number of hydrogen-bond donors (Lipinski definition) is 2. The molecule has 2 aliphatic carbocycles. The fourth-order valence-corrected chi connectivity index (χ4v) is 4.06. The van der Waals surface area contributed by atoms with Gasteiger partial charge in [0, 0.05) is 18.4 Å². The van der Waals surface area contributed by atoms with E-state index in [1.54, 1.807) is 0 Å². The molecule has 0 saturated heterocycles.